The van der Waals surface area contributed by atoms with Crippen LogP contribution < -0.4 is 5.32 Å². The number of aromatic nitrogens is 2. The van der Waals surface area contributed by atoms with Gasteiger partial charge in [0.05, 0.1) is 0 Å². The predicted octanol–water partition coefficient (Wildman–Crippen LogP) is 0.667. The highest BCUT2D eigenvalue weighted by atomic mass is 16.4. The van der Waals surface area contributed by atoms with Crippen molar-refractivity contribution in [2.24, 2.45) is 0 Å². The van der Waals surface area contributed by atoms with Crippen LogP contribution in [0.3, 0.4) is 0 Å². The summed E-state index contributed by atoms with van der Waals surface area (Å²) in [6.07, 6.45) is 1.48. The first kappa shape index (κ1) is 12.2. The Morgan fingerprint density at radius 1 is 1.44 bits per heavy atom. The van der Waals surface area contributed by atoms with E-state index < -0.39 is 12.0 Å². The second kappa shape index (κ2) is 4.78. The lowest BCUT2D eigenvalue weighted by molar-refractivity contribution is -0.140. The Bertz CT molecular complexity index is 398. The van der Waals surface area contributed by atoms with Gasteiger partial charge in [0.1, 0.15) is 11.7 Å². The molecule has 1 aromatic rings. The van der Waals surface area contributed by atoms with Gasteiger partial charge in [0.2, 0.25) is 0 Å². The smallest absolute Gasteiger partial charge is 0.328 e. The van der Waals surface area contributed by atoms with Crippen molar-refractivity contribution in [1.29, 1.82) is 0 Å². The summed E-state index contributed by atoms with van der Waals surface area (Å²) in [7, 11) is 0. The number of hydrogen-bond acceptors (Lipinski definition) is 3. The van der Waals surface area contributed by atoms with Gasteiger partial charge in [-0.15, -0.1) is 0 Å². The summed E-state index contributed by atoms with van der Waals surface area (Å²) in [5.41, 5.74) is 0.224. The highest BCUT2D eigenvalue weighted by Gasteiger charge is 2.16. The van der Waals surface area contributed by atoms with Crippen LogP contribution in [0.25, 0.3) is 0 Å². The number of carboxylic acid groups (broad SMARTS) is 1. The Kier molecular flexibility index (Phi) is 3.65. The van der Waals surface area contributed by atoms with E-state index in [9.17, 15) is 9.59 Å². The van der Waals surface area contributed by atoms with E-state index in [-0.39, 0.29) is 17.6 Å². The third kappa shape index (κ3) is 2.82. The van der Waals surface area contributed by atoms with E-state index in [1.165, 1.54) is 23.9 Å². The number of amides is 1. The third-order valence-electron chi connectivity index (χ3n) is 2.01. The molecule has 0 aromatic carbocycles. The van der Waals surface area contributed by atoms with Crippen LogP contribution in [0.1, 0.15) is 37.3 Å². The summed E-state index contributed by atoms with van der Waals surface area (Å²) in [6, 6.07) is 0.743. The molecule has 0 aliphatic carbocycles. The van der Waals surface area contributed by atoms with Gasteiger partial charge < -0.3 is 10.4 Å². The molecule has 6 heteroatoms. The van der Waals surface area contributed by atoms with Gasteiger partial charge in [-0.3, -0.25) is 9.48 Å². The van der Waals surface area contributed by atoms with Gasteiger partial charge in [-0.2, -0.15) is 5.10 Å². The van der Waals surface area contributed by atoms with Crippen molar-refractivity contribution in [3.63, 3.8) is 0 Å². The zero-order chi connectivity index (χ0) is 12.3. The van der Waals surface area contributed by atoms with Crippen molar-refractivity contribution < 1.29 is 14.7 Å². The molecule has 0 aliphatic heterocycles. The fraction of sp³-hybridized carbons (Fsp3) is 0.500. The molecule has 2 N–H and O–H groups in total. The normalized spacial score (nSPS) is 12.5. The number of aliphatic carboxylic acids is 1. The first-order chi connectivity index (χ1) is 7.41. The van der Waals surface area contributed by atoms with Crippen LogP contribution in [0.5, 0.6) is 0 Å². The molecule has 0 radical (unpaired) electrons. The fourth-order valence-electron chi connectivity index (χ4n) is 1.12. The van der Waals surface area contributed by atoms with E-state index >= 15 is 0 Å². The van der Waals surface area contributed by atoms with Crippen molar-refractivity contribution >= 4 is 11.9 Å². The average molecular weight is 225 g/mol. The number of hydrogen-bond donors (Lipinski definition) is 2. The molecular formula is C10H15N3O3. The second-order valence-electron chi connectivity index (χ2n) is 3.82. The molecule has 6 nitrogen and oxygen atoms in total. The number of rotatable bonds is 4. The molecule has 1 amide bonds. The number of nitrogens with one attached hydrogen (secondary N) is 1. The Hall–Kier alpha value is -1.85. The molecule has 1 aromatic heterocycles. The minimum absolute atomic E-state index is 0.0227. The van der Waals surface area contributed by atoms with E-state index in [1.54, 1.807) is 0 Å². The van der Waals surface area contributed by atoms with Crippen LogP contribution in [0.4, 0.5) is 0 Å². The lowest BCUT2D eigenvalue weighted by Gasteiger charge is -2.07. The quantitative estimate of drug-likeness (QED) is 0.788. The Labute approximate surface area is 93.3 Å². The monoisotopic (exact) mass is 225 g/mol. The van der Waals surface area contributed by atoms with Crippen molar-refractivity contribution in [3.8, 4) is 0 Å². The molecule has 0 fully saturated rings. The fourth-order valence-corrected chi connectivity index (χ4v) is 1.12. The summed E-state index contributed by atoms with van der Waals surface area (Å²) in [5, 5.41) is 15.4. The maximum Gasteiger partial charge on any atom is 0.328 e. The predicted molar refractivity (Wildman–Crippen MR) is 57.2 cm³/mol. The van der Waals surface area contributed by atoms with Gasteiger partial charge in [0.15, 0.2) is 0 Å². The topological polar surface area (TPSA) is 84.2 Å². The molecule has 0 saturated heterocycles. The van der Waals surface area contributed by atoms with Crippen LogP contribution in [0, 0.1) is 0 Å². The largest absolute Gasteiger partial charge is 0.480 e. The van der Waals surface area contributed by atoms with Crippen molar-refractivity contribution in [2.75, 3.05) is 0 Å². The summed E-state index contributed by atoms with van der Waals surface area (Å²) in [5.74, 6) is -1.29. The third-order valence-corrected chi connectivity index (χ3v) is 2.01. The van der Waals surface area contributed by atoms with Crippen LogP contribution >= 0.6 is 0 Å². The molecule has 0 bridgehead atoms. The zero-order valence-corrected chi connectivity index (χ0v) is 9.47. The van der Waals surface area contributed by atoms with Gasteiger partial charge >= 0.3 is 5.97 Å². The minimum Gasteiger partial charge on any atom is -0.480 e. The molecule has 1 unspecified atom stereocenters. The molecule has 88 valence electrons. The Morgan fingerprint density at radius 2 is 2.06 bits per heavy atom. The van der Waals surface area contributed by atoms with Gasteiger partial charge in [-0.1, -0.05) is 0 Å². The number of carboxylic acids is 1. The first-order valence-electron chi connectivity index (χ1n) is 5.00. The van der Waals surface area contributed by atoms with E-state index in [1.807, 2.05) is 13.8 Å². The SMILES string of the molecule is CC(C)NC(=O)c1ccn(C(C)C(=O)O)n1. The lowest BCUT2D eigenvalue weighted by Crippen LogP contribution is -2.30. The number of nitrogens with zero attached hydrogens (tertiary/aromatic N) is 2. The van der Waals surface area contributed by atoms with Crippen molar-refractivity contribution in [3.05, 3.63) is 18.0 Å². The van der Waals surface area contributed by atoms with Gasteiger partial charge in [0, 0.05) is 12.2 Å². The maximum atomic E-state index is 11.5. The van der Waals surface area contributed by atoms with E-state index in [4.69, 9.17) is 5.11 Å². The average Bonchev–Trinajstić information content (AvgIpc) is 2.63. The lowest BCUT2D eigenvalue weighted by atomic mass is 10.3. The molecular weight excluding hydrogens is 210 g/mol. The maximum absolute atomic E-state index is 11.5. The Balaban J connectivity index is 2.79. The van der Waals surface area contributed by atoms with Crippen molar-refractivity contribution in [2.45, 2.75) is 32.9 Å². The van der Waals surface area contributed by atoms with Gasteiger partial charge in [-0.05, 0) is 26.8 Å². The molecule has 1 heterocycles. The van der Waals surface area contributed by atoms with Crippen LogP contribution in [-0.4, -0.2) is 32.8 Å². The standard InChI is InChI=1S/C10H15N3O3/c1-6(2)11-9(14)8-4-5-13(12-8)7(3)10(15)16/h4-7H,1-3H3,(H,11,14)(H,15,16). The number of carbonyl (C=O) groups is 2. The summed E-state index contributed by atoms with van der Waals surface area (Å²) in [4.78, 5) is 22.2. The zero-order valence-electron chi connectivity index (χ0n) is 9.47. The van der Waals surface area contributed by atoms with E-state index in [2.05, 4.69) is 10.4 Å². The molecule has 1 rings (SSSR count). The summed E-state index contributed by atoms with van der Waals surface area (Å²) in [6.45, 7) is 5.18. The van der Waals surface area contributed by atoms with Crippen LogP contribution in [0.15, 0.2) is 12.3 Å². The highest BCUT2D eigenvalue weighted by Crippen LogP contribution is 2.05. The summed E-state index contributed by atoms with van der Waals surface area (Å²) >= 11 is 0. The van der Waals surface area contributed by atoms with Gasteiger partial charge in [-0.25, -0.2) is 4.79 Å². The molecule has 0 aliphatic rings. The highest BCUT2D eigenvalue weighted by molar-refractivity contribution is 5.92. The minimum atomic E-state index is -0.987. The molecule has 16 heavy (non-hydrogen) atoms. The molecule has 0 spiro atoms. The van der Waals surface area contributed by atoms with Crippen LogP contribution in [-0.2, 0) is 4.79 Å². The van der Waals surface area contributed by atoms with Gasteiger partial charge in [0.25, 0.3) is 5.91 Å². The van der Waals surface area contributed by atoms with Crippen molar-refractivity contribution in [1.82, 2.24) is 15.1 Å². The molecule has 0 saturated carbocycles. The van der Waals surface area contributed by atoms with Crippen LogP contribution in [0.2, 0.25) is 0 Å². The van der Waals surface area contributed by atoms with E-state index in [0.29, 0.717) is 0 Å². The number of carbonyl (C=O) groups excluding carboxylic acids is 1. The first-order valence-corrected chi connectivity index (χ1v) is 5.00. The Morgan fingerprint density at radius 3 is 2.56 bits per heavy atom. The molecule has 1 atom stereocenters. The van der Waals surface area contributed by atoms with E-state index in [0.717, 1.165) is 0 Å². The summed E-state index contributed by atoms with van der Waals surface area (Å²) < 4.78 is 1.25. The second-order valence-corrected chi connectivity index (χ2v) is 3.82.